The maximum absolute atomic E-state index is 12.5. The molecule has 2 unspecified atom stereocenters. The fraction of sp³-hybridized carbons (Fsp3) is 0.423. The molecule has 4 N–H and O–H groups in total. The number of nitrogens with zero attached hydrogens (tertiary/aromatic N) is 2. The first-order valence-electron chi connectivity index (χ1n) is 12.2. The van der Waals surface area contributed by atoms with Crippen LogP contribution < -0.4 is 21.7 Å². The Morgan fingerprint density at radius 3 is 2.81 bits per heavy atom. The first-order valence-corrected chi connectivity index (χ1v) is 12.2. The Morgan fingerprint density at radius 2 is 2.03 bits per heavy atom. The molecule has 1 amide bonds. The third-order valence-corrected chi connectivity index (χ3v) is 6.11. The standard InChI is InChI=1S/C26H31N5O5/c27-16-21(30-25(33)24-17-29-8-1-13-35-24)14-18-2-4-19(5-3-18)20-6-7-23-22(15-20)31(26(34)36-23)11-9-28-10-12-32/h2-7,15,21,24,28-29,32H,1,8-14,17H2,(H,30,33). The van der Waals surface area contributed by atoms with Crippen molar-refractivity contribution in [2.75, 3.05) is 39.4 Å². The summed E-state index contributed by atoms with van der Waals surface area (Å²) in [4.78, 5) is 24.8. The van der Waals surface area contributed by atoms with Crippen molar-refractivity contribution in [3.63, 3.8) is 0 Å². The van der Waals surface area contributed by atoms with Gasteiger partial charge >= 0.3 is 5.76 Å². The van der Waals surface area contributed by atoms with Gasteiger partial charge in [-0.15, -0.1) is 0 Å². The Hall–Kier alpha value is -3.49. The fourth-order valence-electron chi connectivity index (χ4n) is 4.19. The number of oxazole rings is 1. The number of rotatable bonds is 10. The highest BCUT2D eigenvalue weighted by Gasteiger charge is 2.23. The molecule has 0 aliphatic carbocycles. The summed E-state index contributed by atoms with van der Waals surface area (Å²) >= 11 is 0. The van der Waals surface area contributed by atoms with Gasteiger partial charge in [0, 0.05) is 39.2 Å². The summed E-state index contributed by atoms with van der Waals surface area (Å²) in [5.41, 5.74) is 4.02. The van der Waals surface area contributed by atoms with Gasteiger partial charge < -0.3 is 30.2 Å². The molecule has 2 atom stereocenters. The van der Waals surface area contributed by atoms with Crippen LogP contribution in [0.15, 0.2) is 51.7 Å². The Bertz CT molecular complexity index is 1250. The van der Waals surface area contributed by atoms with Gasteiger partial charge in [-0.3, -0.25) is 9.36 Å². The molecule has 4 rings (SSSR count). The van der Waals surface area contributed by atoms with E-state index in [4.69, 9.17) is 14.3 Å². The van der Waals surface area contributed by atoms with Crippen LogP contribution in [0.4, 0.5) is 0 Å². The zero-order valence-electron chi connectivity index (χ0n) is 20.0. The SMILES string of the molecule is N#CC(Cc1ccc(-c2ccc3oc(=O)n(CCNCCO)c3c2)cc1)NC(=O)C1CNCCCO1. The highest BCUT2D eigenvalue weighted by atomic mass is 16.5. The van der Waals surface area contributed by atoms with Crippen molar-refractivity contribution < 1.29 is 19.1 Å². The van der Waals surface area contributed by atoms with Crippen LogP contribution in [0, 0.1) is 11.3 Å². The topological polar surface area (TPSA) is 142 Å². The minimum Gasteiger partial charge on any atom is -0.408 e. The lowest BCUT2D eigenvalue weighted by atomic mass is 10.0. The average molecular weight is 494 g/mol. The Kier molecular flexibility index (Phi) is 8.86. The molecule has 0 saturated carbocycles. The molecule has 0 spiro atoms. The molecule has 10 nitrogen and oxygen atoms in total. The van der Waals surface area contributed by atoms with Gasteiger partial charge in [-0.25, -0.2) is 4.79 Å². The van der Waals surface area contributed by atoms with E-state index in [1.165, 1.54) is 0 Å². The van der Waals surface area contributed by atoms with Crippen LogP contribution in [-0.2, 0) is 22.5 Å². The number of carbonyl (C=O) groups excluding carboxylic acids is 1. The van der Waals surface area contributed by atoms with Crippen LogP contribution in [0.1, 0.15) is 12.0 Å². The third-order valence-electron chi connectivity index (χ3n) is 6.11. The number of nitrogens with one attached hydrogen (secondary N) is 3. The largest absolute Gasteiger partial charge is 0.419 e. The second-order valence-corrected chi connectivity index (χ2v) is 8.68. The van der Waals surface area contributed by atoms with Crippen LogP contribution in [-0.4, -0.2) is 67.1 Å². The number of carbonyl (C=O) groups is 1. The van der Waals surface area contributed by atoms with Gasteiger partial charge in [-0.1, -0.05) is 30.3 Å². The second-order valence-electron chi connectivity index (χ2n) is 8.68. The van der Waals surface area contributed by atoms with E-state index in [2.05, 4.69) is 22.0 Å². The van der Waals surface area contributed by atoms with Crippen LogP contribution in [0.2, 0.25) is 0 Å². The molecule has 10 heteroatoms. The lowest BCUT2D eigenvalue weighted by Gasteiger charge is -2.18. The molecule has 0 radical (unpaired) electrons. The number of fused-ring (bicyclic) bond motifs is 1. The number of aliphatic hydroxyl groups excluding tert-OH is 1. The summed E-state index contributed by atoms with van der Waals surface area (Å²) in [5, 5.41) is 27.5. The van der Waals surface area contributed by atoms with Crippen molar-refractivity contribution in [1.82, 2.24) is 20.5 Å². The van der Waals surface area contributed by atoms with Crippen molar-refractivity contribution in [1.29, 1.82) is 5.26 Å². The molecule has 0 bridgehead atoms. The minimum atomic E-state index is -0.661. The van der Waals surface area contributed by atoms with Crippen LogP contribution in [0.25, 0.3) is 22.2 Å². The average Bonchev–Trinajstić information content (AvgIpc) is 3.05. The number of benzene rings is 2. The third kappa shape index (κ3) is 6.38. The highest BCUT2D eigenvalue weighted by Crippen LogP contribution is 2.25. The molecule has 36 heavy (non-hydrogen) atoms. The van der Waals surface area contributed by atoms with E-state index in [1.807, 2.05) is 36.4 Å². The number of ether oxygens (including phenoxy) is 1. The summed E-state index contributed by atoms with van der Waals surface area (Å²) < 4.78 is 12.5. The predicted molar refractivity (Wildman–Crippen MR) is 134 cm³/mol. The number of hydrogen-bond donors (Lipinski definition) is 4. The van der Waals surface area contributed by atoms with Gasteiger partial charge in [0.25, 0.3) is 5.91 Å². The van der Waals surface area contributed by atoms with Gasteiger partial charge in [0.1, 0.15) is 12.1 Å². The zero-order chi connectivity index (χ0) is 25.3. The monoisotopic (exact) mass is 493 g/mol. The van der Waals surface area contributed by atoms with Gasteiger partial charge in [-0.05, 0) is 41.8 Å². The van der Waals surface area contributed by atoms with Gasteiger partial charge in [-0.2, -0.15) is 5.26 Å². The van der Waals surface area contributed by atoms with Crippen molar-refractivity contribution in [3.05, 3.63) is 58.6 Å². The first kappa shape index (κ1) is 25.6. The number of aliphatic hydroxyl groups is 1. The molecular formula is C26H31N5O5. The molecule has 1 saturated heterocycles. The Balaban J connectivity index is 1.43. The maximum Gasteiger partial charge on any atom is 0.419 e. The van der Waals surface area contributed by atoms with E-state index in [0.717, 1.165) is 29.7 Å². The van der Waals surface area contributed by atoms with E-state index < -0.39 is 17.9 Å². The van der Waals surface area contributed by atoms with Gasteiger partial charge in [0.05, 0.1) is 18.2 Å². The molecule has 1 aliphatic rings. The highest BCUT2D eigenvalue weighted by molar-refractivity contribution is 5.82. The van der Waals surface area contributed by atoms with Crippen molar-refractivity contribution in [2.45, 2.75) is 31.5 Å². The molecule has 2 heterocycles. The molecule has 1 aliphatic heterocycles. The molecule has 2 aromatic carbocycles. The van der Waals surface area contributed by atoms with E-state index in [0.29, 0.717) is 50.3 Å². The van der Waals surface area contributed by atoms with Gasteiger partial charge in [0.15, 0.2) is 5.58 Å². The zero-order valence-corrected chi connectivity index (χ0v) is 20.0. The number of aromatic nitrogens is 1. The second kappa shape index (κ2) is 12.5. The molecule has 3 aromatic rings. The normalized spacial score (nSPS) is 16.8. The maximum atomic E-state index is 12.5. The fourth-order valence-corrected chi connectivity index (χ4v) is 4.19. The van der Waals surface area contributed by atoms with Crippen molar-refractivity contribution in [2.24, 2.45) is 0 Å². The van der Waals surface area contributed by atoms with Gasteiger partial charge in [0.2, 0.25) is 0 Å². The van der Waals surface area contributed by atoms with Crippen LogP contribution >= 0.6 is 0 Å². The Morgan fingerprint density at radius 1 is 1.22 bits per heavy atom. The summed E-state index contributed by atoms with van der Waals surface area (Å²) in [6, 6.07) is 14.9. The quantitative estimate of drug-likeness (QED) is 0.304. The Labute approximate surface area is 208 Å². The van der Waals surface area contributed by atoms with E-state index in [9.17, 15) is 14.9 Å². The van der Waals surface area contributed by atoms with Crippen LogP contribution in [0.3, 0.4) is 0 Å². The molecule has 1 aromatic heterocycles. The lowest BCUT2D eigenvalue weighted by Crippen LogP contribution is -2.46. The first-order chi connectivity index (χ1) is 17.6. The smallest absolute Gasteiger partial charge is 0.408 e. The number of hydrogen-bond acceptors (Lipinski definition) is 8. The predicted octanol–water partition coefficient (Wildman–Crippen LogP) is 0.773. The van der Waals surface area contributed by atoms with Crippen LogP contribution in [0.5, 0.6) is 0 Å². The summed E-state index contributed by atoms with van der Waals surface area (Å²) in [6.07, 6.45) is 0.640. The van der Waals surface area contributed by atoms with E-state index in [1.54, 1.807) is 10.6 Å². The minimum absolute atomic E-state index is 0.0368. The molecular weight excluding hydrogens is 462 g/mol. The van der Waals surface area contributed by atoms with E-state index in [-0.39, 0.29) is 12.5 Å². The number of nitriles is 1. The van der Waals surface area contributed by atoms with Crippen molar-refractivity contribution in [3.8, 4) is 17.2 Å². The molecule has 1 fully saturated rings. The summed E-state index contributed by atoms with van der Waals surface area (Å²) in [7, 11) is 0. The summed E-state index contributed by atoms with van der Waals surface area (Å²) in [5.74, 6) is -0.698. The van der Waals surface area contributed by atoms with E-state index >= 15 is 0 Å². The lowest BCUT2D eigenvalue weighted by molar-refractivity contribution is -0.132. The summed E-state index contributed by atoms with van der Waals surface area (Å²) in [6.45, 7) is 3.23. The van der Waals surface area contributed by atoms with Crippen molar-refractivity contribution >= 4 is 17.0 Å². The molecule has 190 valence electrons. The number of amides is 1.